The molecule has 0 saturated heterocycles. The molecule has 2 rings (SSSR count). The average molecular weight is 262 g/mol. The first-order chi connectivity index (χ1) is 9.04. The zero-order chi connectivity index (χ0) is 14.0. The minimum atomic E-state index is -0.720. The molecule has 0 radical (unpaired) electrons. The van der Waals surface area contributed by atoms with E-state index in [2.05, 4.69) is 11.9 Å². The summed E-state index contributed by atoms with van der Waals surface area (Å²) in [5, 5.41) is 9.84. The molecule has 3 nitrogen and oxygen atoms in total. The molecule has 102 valence electrons. The third-order valence-electron chi connectivity index (χ3n) is 3.21. The van der Waals surface area contributed by atoms with Crippen LogP contribution in [0.15, 0.2) is 24.5 Å². The van der Waals surface area contributed by atoms with Crippen LogP contribution in [0.5, 0.6) is 0 Å². The fourth-order valence-electron chi connectivity index (χ4n) is 2.19. The highest BCUT2D eigenvalue weighted by molar-refractivity contribution is 5.46. The lowest BCUT2D eigenvalue weighted by Gasteiger charge is -2.16. The van der Waals surface area contributed by atoms with Gasteiger partial charge in [0.2, 0.25) is 0 Å². The van der Waals surface area contributed by atoms with Gasteiger partial charge in [-0.15, -0.1) is 0 Å². The van der Waals surface area contributed by atoms with Crippen LogP contribution >= 0.6 is 0 Å². The minimum absolute atomic E-state index is 0.295. The number of benzene rings is 1. The molecule has 0 spiro atoms. The fourth-order valence-corrected chi connectivity index (χ4v) is 2.19. The van der Waals surface area contributed by atoms with Crippen molar-refractivity contribution < 1.29 is 9.50 Å². The number of aromatic nitrogens is 2. The maximum absolute atomic E-state index is 13.7. The molecular formula is C15H19FN2O. The van der Waals surface area contributed by atoms with Crippen LogP contribution < -0.4 is 0 Å². The fraction of sp³-hybridized carbons (Fsp3) is 0.400. The van der Waals surface area contributed by atoms with Crippen molar-refractivity contribution in [2.45, 2.75) is 39.7 Å². The van der Waals surface area contributed by atoms with E-state index in [1.165, 1.54) is 6.07 Å². The van der Waals surface area contributed by atoms with Gasteiger partial charge >= 0.3 is 0 Å². The molecule has 19 heavy (non-hydrogen) atoms. The number of aliphatic hydroxyl groups excluding tert-OH is 1. The average Bonchev–Trinajstić information content (AvgIpc) is 2.80. The van der Waals surface area contributed by atoms with Gasteiger partial charge in [0.15, 0.2) is 0 Å². The van der Waals surface area contributed by atoms with Crippen molar-refractivity contribution in [3.05, 3.63) is 47.3 Å². The summed E-state index contributed by atoms with van der Waals surface area (Å²) in [6, 6.07) is 3.17. The van der Waals surface area contributed by atoms with E-state index in [-0.39, 0.29) is 5.82 Å². The standard InChI is InChI=1S/C15H19FN2O/c1-4-5-15-17-6-7-18(15)14-8-10(2)13(16)9-12(14)11(3)19/h6-9,11,19H,4-5H2,1-3H3/t11-/m0/s1. The first-order valence-corrected chi connectivity index (χ1v) is 6.55. The van der Waals surface area contributed by atoms with Crippen molar-refractivity contribution in [3.8, 4) is 5.69 Å². The van der Waals surface area contributed by atoms with E-state index in [0.717, 1.165) is 24.4 Å². The van der Waals surface area contributed by atoms with Crippen molar-refractivity contribution in [2.75, 3.05) is 0 Å². The van der Waals surface area contributed by atoms with E-state index in [9.17, 15) is 9.50 Å². The van der Waals surface area contributed by atoms with Gasteiger partial charge in [-0.2, -0.15) is 0 Å². The predicted molar refractivity (Wildman–Crippen MR) is 72.9 cm³/mol. The number of imidazole rings is 1. The predicted octanol–water partition coefficient (Wildman–Crippen LogP) is 3.33. The number of nitrogens with zero attached hydrogens (tertiary/aromatic N) is 2. The quantitative estimate of drug-likeness (QED) is 0.917. The number of rotatable bonds is 4. The summed E-state index contributed by atoms with van der Waals surface area (Å²) in [5.74, 6) is 0.632. The molecule has 0 aliphatic carbocycles. The molecule has 0 aliphatic heterocycles. The Bertz CT molecular complexity index is 576. The van der Waals surface area contributed by atoms with Gasteiger partial charge in [0.1, 0.15) is 11.6 Å². The maximum Gasteiger partial charge on any atom is 0.126 e. The molecule has 0 fully saturated rings. The summed E-state index contributed by atoms with van der Waals surface area (Å²) in [7, 11) is 0. The number of hydrogen-bond acceptors (Lipinski definition) is 2. The van der Waals surface area contributed by atoms with Crippen LogP contribution in [-0.2, 0) is 6.42 Å². The second-order valence-electron chi connectivity index (χ2n) is 4.80. The molecule has 1 aromatic carbocycles. The molecule has 1 heterocycles. The molecule has 4 heteroatoms. The topological polar surface area (TPSA) is 38.0 Å². The molecular weight excluding hydrogens is 243 g/mol. The van der Waals surface area contributed by atoms with Crippen LogP contribution in [0.2, 0.25) is 0 Å². The summed E-state index contributed by atoms with van der Waals surface area (Å²) >= 11 is 0. The van der Waals surface area contributed by atoms with E-state index in [1.807, 2.05) is 10.8 Å². The SMILES string of the molecule is CCCc1nccn1-c1cc(C)c(F)cc1[C@H](C)O. The van der Waals surface area contributed by atoms with Crippen molar-refractivity contribution >= 4 is 0 Å². The van der Waals surface area contributed by atoms with Gasteiger partial charge in [-0.3, -0.25) is 0 Å². The highest BCUT2D eigenvalue weighted by atomic mass is 19.1. The molecule has 1 aromatic heterocycles. The minimum Gasteiger partial charge on any atom is -0.389 e. The highest BCUT2D eigenvalue weighted by Gasteiger charge is 2.15. The second kappa shape index (κ2) is 5.53. The first kappa shape index (κ1) is 13.7. The van der Waals surface area contributed by atoms with Crippen molar-refractivity contribution in [1.82, 2.24) is 9.55 Å². The first-order valence-electron chi connectivity index (χ1n) is 6.55. The van der Waals surface area contributed by atoms with Gasteiger partial charge in [-0.25, -0.2) is 9.37 Å². The van der Waals surface area contributed by atoms with Gasteiger partial charge in [0, 0.05) is 24.4 Å². The summed E-state index contributed by atoms with van der Waals surface area (Å²) in [6.07, 6.45) is 4.70. The molecule has 2 aromatic rings. The zero-order valence-electron chi connectivity index (χ0n) is 11.5. The summed E-state index contributed by atoms with van der Waals surface area (Å²) in [6.45, 7) is 5.45. The van der Waals surface area contributed by atoms with Crippen LogP contribution in [0.3, 0.4) is 0 Å². The van der Waals surface area contributed by atoms with Gasteiger partial charge in [-0.05, 0) is 38.0 Å². The molecule has 0 unspecified atom stereocenters. The van der Waals surface area contributed by atoms with E-state index in [4.69, 9.17) is 0 Å². The van der Waals surface area contributed by atoms with Gasteiger partial charge in [-0.1, -0.05) is 6.92 Å². The Morgan fingerprint density at radius 2 is 2.16 bits per heavy atom. The lowest BCUT2D eigenvalue weighted by Crippen LogP contribution is -2.07. The third kappa shape index (κ3) is 2.68. The van der Waals surface area contributed by atoms with E-state index >= 15 is 0 Å². The molecule has 1 atom stereocenters. The monoisotopic (exact) mass is 262 g/mol. The van der Waals surface area contributed by atoms with Crippen LogP contribution in [0.1, 0.15) is 43.3 Å². The summed E-state index contributed by atoms with van der Waals surface area (Å²) < 4.78 is 15.6. The van der Waals surface area contributed by atoms with Crippen molar-refractivity contribution in [1.29, 1.82) is 0 Å². The number of aryl methyl sites for hydroxylation is 2. The highest BCUT2D eigenvalue weighted by Crippen LogP contribution is 2.26. The normalized spacial score (nSPS) is 12.7. The smallest absolute Gasteiger partial charge is 0.126 e. The summed E-state index contributed by atoms with van der Waals surface area (Å²) in [4.78, 5) is 4.32. The lowest BCUT2D eigenvalue weighted by atomic mass is 10.0. The van der Waals surface area contributed by atoms with E-state index in [0.29, 0.717) is 11.1 Å². The Morgan fingerprint density at radius 1 is 1.42 bits per heavy atom. The van der Waals surface area contributed by atoms with Gasteiger partial charge in [0.05, 0.1) is 11.8 Å². The number of aliphatic hydroxyl groups is 1. The van der Waals surface area contributed by atoms with Crippen molar-refractivity contribution in [3.63, 3.8) is 0 Å². The maximum atomic E-state index is 13.7. The Labute approximate surface area is 112 Å². The Hall–Kier alpha value is -1.68. The Morgan fingerprint density at radius 3 is 2.79 bits per heavy atom. The van der Waals surface area contributed by atoms with Gasteiger partial charge < -0.3 is 9.67 Å². The molecule has 0 bridgehead atoms. The molecule has 0 amide bonds. The molecule has 0 saturated carbocycles. The molecule has 0 aliphatic rings. The molecule has 1 N–H and O–H groups in total. The van der Waals surface area contributed by atoms with Crippen LogP contribution in [0, 0.1) is 12.7 Å². The lowest BCUT2D eigenvalue weighted by molar-refractivity contribution is 0.198. The second-order valence-corrected chi connectivity index (χ2v) is 4.80. The van der Waals surface area contributed by atoms with E-state index in [1.54, 1.807) is 26.1 Å². The van der Waals surface area contributed by atoms with Crippen LogP contribution in [0.4, 0.5) is 4.39 Å². The van der Waals surface area contributed by atoms with Crippen LogP contribution in [0.25, 0.3) is 5.69 Å². The van der Waals surface area contributed by atoms with E-state index < -0.39 is 6.10 Å². The Kier molecular flexibility index (Phi) is 4.00. The number of hydrogen-bond donors (Lipinski definition) is 1. The largest absolute Gasteiger partial charge is 0.389 e. The Balaban J connectivity index is 2.60. The third-order valence-corrected chi connectivity index (χ3v) is 3.21. The number of halogens is 1. The van der Waals surface area contributed by atoms with Crippen molar-refractivity contribution in [2.24, 2.45) is 0 Å². The van der Waals surface area contributed by atoms with Crippen LogP contribution in [-0.4, -0.2) is 14.7 Å². The zero-order valence-corrected chi connectivity index (χ0v) is 11.5. The van der Waals surface area contributed by atoms with Gasteiger partial charge in [0.25, 0.3) is 0 Å². The summed E-state index contributed by atoms with van der Waals surface area (Å²) in [5.41, 5.74) is 1.95.